The van der Waals surface area contributed by atoms with Gasteiger partial charge in [-0.25, -0.2) is 0 Å². The summed E-state index contributed by atoms with van der Waals surface area (Å²) in [5.41, 5.74) is 0. The number of carbonyl (C=O) groups is 2. The zero-order valence-corrected chi connectivity index (χ0v) is 12.4. The predicted molar refractivity (Wildman–Crippen MR) is 76.5 cm³/mol. The molecule has 5 heteroatoms. The lowest BCUT2D eigenvalue weighted by Gasteiger charge is -2.10. The summed E-state index contributed by atoms with van der Waals surface area (Å²) in [7, 11) is 0. The SMILES string of the molecule is C[C@@H]1CC[C@H](CCC(=O)NCCCCCCC(=O)O)O1. The summed E-state index contributed by atoms with van der Waals surface area (Å²) >= 11 is 0. The highest BCUT2D eigenvalue weighted by atomic mass is 16.5. The van der Waals surface area contributed by atoms with E-state index in [1.807, 2.05) is 0 Å². The first-order valence-electron chi connectivity index (χ1n) is 7.72. The summed E-state index contributed by atoms with van der Waals surface area (Å²) in [4.78, 5) is 21.9. The van der Waals surface area contributed by atoms with E-state index in [1.165, 1.54) is 0 Å². The van der Waals surface area contributed by atoms with Crippen LogP contribution in [0.1, 0.15) is 64.7 Å². The van der Waals surface area contributed by atoms with Gasteiger partial charge in [0, 0.05) is 19.4 Å². The largest absolute Gasteiger partial charge is 0.481 e. The Balaban J connectivity index is 1.89. The smallest absolute Gasteiger partial charge is 0.303 e. The van der Waals surface area contributed by atoms with Crippen molar-refractivity contribution < 1.29 is 19.4 Å². The molecule has 0 unspecified atom stereocenters. The Morgan fingerprint density at radius 2 is 1.90 bits per heavy atom. The van der Waals surface area contributed by atoms with E-state index in [0.29, 0.717) is 19.1 Å². The molecular weight excluding hydrogens is 258 g/mol. The van der Waals surface area contributed by atoms with Gasteiger partial charge in [0.1, 0.15) is 0 Å². The van der Waals surface area contributed by atoms with Crippen LogP contribution in [0, 0.1) is 0 Å². The van der Waals surface area contributed by atoms with Crippen molar-refractivity contribution >= 4 is 11.9 Å². The minimum absolute atomic E-state index is 0.0960. The van der Waals surface area contributed by atoms with Crippen molar-refractivity contribution in [3.63, 3.8) is 0 Å². The molecule has 5 nitrogen and oxygen atoms in total. The van der Waals surface area contributed by atoms with Gasteiger partial charge in [-0.15, -0.1) is 0 Å². The van der Waals surface area contributed by atoms with Gasteiger partial charge in [-0.1, -0.05) is 12.8 Å². The van der Waals surface area contributed by atoms with Crippen LogP contribution in [-0.4, -0.2) is 35.7 Å². The van der Waals surface area contributed by atoms with Gasteiger partial charge in [-0.3, -0.25) is 9.59 Å². The van der Waals surface area contributed by atoms with Gasteiger partial charge in [0.15, 0.2) is 0 Å². The minimum atomic E-state index is -0.734. The van der Waals surface area contributed by atoms with E-state index in [0.717, 1.165) is 44.9 Å². The highest BCUT2D eigenvalue weighted by Gasteiger charge is 2.21. The summed E-state index contributed by atoms with van der Waals surface area (Å²) in [6.07, 6.45) is 7.88. The van der Waals surface area contributed by atoms with Crippen molar-refractivity contribution in [3.8, 4) is 0 Å². The molecule has 20 heavy (non-hydrogen) atoms. The first kappa shape index (κ1) is 17.0. The van der Waals surface area contributed by atoms with Gasteiger partial charge < -0.3 is 15.2 Å². The topological polar surface area (TPSA) is 75.6 Å². The van der Waals surface area contributed by atoms with Crippen molar-refractivity contribution in [2.75, 3.05) is 6.54 Å². The number of nitrogens with one attached hydrogen (secondary N) is 1. The average molecular weight is 285 g/mol. The van der Waals surface area contributed by atoms with Crippen LogP contribution in [0.2, 0.25) is 0 Å². The zero-order chi connectivity index (χ0) is 14.8. The molecule has 0 radical (unpaired) electrons. The second-order valence-corrected chi connectivity index (χ2v) is 5.59. The van der Waals surface area contributed by atoms with Gasteiger partial charge in [-0.2, -0.15) is 0 Å². The molecule has 116 valence electrons. The van der Waals surface area contributed by atoms with Crippen molar-refractivity contribution in [1.29, 1.82) is 0 Å². The fourth-order valence-electron chi connectivity index (χ4n) is 2.46. The summed E-state index contributed by atoms with van der Waals surface area (Å²) in [6, 6.07) is 0. The van der Waals surface area contributed by atoms with Crippen LogP contribution in [0.5, 0.6) is 0 Å². The average Bonchev–Trinajstić information content (AvgIpc) is 2.81. The Labute approximate surface area is 121 Å². The number of carboxylic acid groups (broad SMARTS) is 1. The lowest BCUT2D eigenvalue weighted by atomic mass is 10.1. The molecule has 1 aliphatic heterocycles. The molecule has 1 fully saturated rings. The fraction of sp³-hybridized carbons (Fsp3) is 0.867. The molecule has 2 atom stereocenters. The number of carboxylic acids is 1. The number of hydrogen-bond donors (Lipinski definition) is 2. The standard InChI is InChI=1S/C15H27NO4/c1-12-7-8-13(20-12)9-10-14(17)16-11-5-3-2-4-6-15(18)19/h12-13H,2-11H2,1H3,(H,16,17)(H,18,19)/t12-,13-/m1/s1. The summed E-state index contributed by atoms with van der Waals surface area (Å²) in [5.74, 6) is -0.638. The maximum Gasteiger partial charge on any atom is 0.303 e. The number of aliphatic carboxylic acids is 1. The first-order valence-corrected chi connectivity index (χ1v) is 7.72. The third kappa shape index (κ3) is 8.15. The number of amides is 1. The predicted octanol–water partition coefficient (Wildman–Crippen LogP) is 2.49. The number of carbonyl (C=O) groups excluding carboxylic acids is 1. The Morgan fingerprint density at radius 3 is 2.55 bits per heavy atom. The molecule has 1 rings (SSSR count). The molecule has 0 aromatic rings. The van der Waals surface area contributed by atoms with E-state index in [1.54, 1.807) is 0 Å². The van der Waals surface area contributed by atoms with Crippen LogP contribution in [0.15, 0.2) is 0 Å². The molecule has 0 saturated carbocycles. The van der Waals surface area contributed by atoms with Crippen LogP contribution in [-0.2, 0) is 14.3 Å². The highest BCUT2D eigenvalue weighted by molar-refractivity contribution is 5.75. The molecule has 0 aromatic carbocycles. The number of unbranched alkanes of at least 4 members (excludes halogenated alkanes) is 3. The number of ether oxygens (including phenoxy) is 1. The van der Waals surface area contributed by atoms with Crippen LogP contribution < -0.4 is 5.32 Å². The molecule has 0 aromatic heterocycles. The summed E-state index contributed by atoms with van der Waals surface area (Å²) in [6.45, 7) is 2.76. The third-order valence-corrected chi connectivity index (χ3v) is 3.65. The van der Waals surface area contributed by atoms with E-state index >= 15 is 0 Å². The minimum Gasteiger partial charge on any atom is -0.481 e. The van der Waals surface area contributed by atoms with E-state index in [-0.39, 0.29) is 18.4 Å². The van der Waals surface area contributed by atoms with E-state index in [4.69, 9.17) is 9.84 Å². The van der Waals surface area contributed by atoms with Crippen LogP contribution >= 0.6 is 0 Å². The lowest BCUT2D eigenvalue weighted by Crippen LogP contribution is -2.25. The highest BCUT2D eigenvalue weighted by Crippen LogP contribution is 2.22. The normalized spacial score (nSPS) is 21.9. The van der Waals surface area contributed by atoms with Gasteiger partial charge in [0.05, 0.1) is 12.2 Å². The summed E-state index contributed by atoms with van der Waals surface area (Å²) in [5, 5.41) is 11.4. The van der Waals surface area contributed by atoms with Crippen LogP contribution in [0.3, 0.4) is 0 Å². The third-order valence-electron chi connectivity index (χ3n) is 3.65. The Morgan fingerprint density at radius 1 is 1.15 bits per heavy atom. The molecular formula is C15H27NO4. The van der Waals surface area contributed by atoms with Crippen LogP contribution in [0.25, 0.3) is 0 Å². The van der Waals surface area contributed by atoms with Gasteiger partial charge >= 0.3 is 5.97 Å². The molecule has 1 saturated heterocycles. The second kappa shape index (κ2) is 9.75. The fourth-order valence-corrected chi connectivity index (χ4v) is 2.46. The molecule has 1 amide bonds. The van der Waals surface area contributed by atoms with Crippen molar-refractivity contribution in [3.05, 3.63) is 0 Å². The van der Waals surface area contributed by atoms with Gasteiger partial charge in [0.25, 0.3) is 0 Å². The van der Waals surface area contributed by atoms with E-state index < -0.39 is 5.97 Å². The van der Waals surface area contributed by atoms with Gasteiger partial charge in [0.2, 0.25) is 5.91 Å². The van der Waals surface area contributed by atoms with Crippen molar-refractivity contribution in [2.24, 2.45) is 0 Å². The quantitative estimate of drug-likeness (QED) is 0.605. The Hall–Kier alpha value is -1.10. The van der Waals surface area contributed by atoms with Crippen LogP contribution in [0.4, 0.5) is 0 Å². The molecule has 0 spiro atoms. The second-order valence-electron chi connectivity index (χ2n) is 5.59. The molecule has 0 aliphatic carbocycles. The van der Waals surface area contributed by atoms with Crippen molar-refractivity contribution in [1.82, 2.24) is 5.32 Å². The lowest BCUT2D eigenvalue weighted by molar-refractivity contribution is -0.137. The maximum atomic E-state index is 11.6. The van der Waals surface area contributed by atoms with Gasteiger partial charge in [-0.05, 0) is 39.0 Å². The molecule has 0 bridgehead atoms. The number of hydrogen-bond acceptors (Lipinski definition) is 3. The first-order chi connectivity index (χ1) is 9.58. The van der Waals surface area contributed by atoms with E-state index in [9.17, 15) is 9.59 Å². The summed E-state index contributed by atoms with van der Waals surface area (Å²) < 4.78 is 5.67. The Kier molecular flexibility index (Phi) is 8.26. The zero-order valence-electron chi connectivity index (χ0n) is 12.4. The molecule has 1 heterocycles. The monoisotopic (exact) mass is 285 g/mol. The van der Waals surface area contributed by atoms with Crippen molar-refractivity contribution in [2.45, 2.75) is 76.9 Å². The maximum absolute atomic E-state index is 11.6. The van der Waals surface area contributed by atoms with E-state index in [2.05, 4.69) is 12.2 Å². The number of rotatable bonds is 10. The molecule has 1 aliphatic rings. The molecule has 2 N–H and O–H groups in total. The Bertz CT molecular complexity index is 306.